The van der Waals surface area contributed by atoms with Gasteiger partial charge >= 0.3 is 0 Å². The molecule has 1 aliphatic rings. The first-order valence-electron chi connectivity index (χ1n) is 6.78. The topological polar surface area (TPSA) is 15.3 Å². The fourth-order valence-corrected chi connectivity index (χ4v) is 2.83. The fraction of sp³-hybridized carbons (Fsp3) is 0.600. The third kappa shape index (κ3) is 3.18. The number of halogens is 1. The summed E-state index contributed by atoms with van der Waals surface area (Å²) in [5.41, 5.74) is 2.21. The molecule has 0 saturated carbocycles. The Bertz CT molecular complexity index is 397. The van der Waals surface area contributed by atoms with Crippen molar-refractivity contribution in [3.8, 4) is 0 Å². The van der Waals surface area contributed by atoms with Crippen LogP contribution in [-0.2, 0) is 0 Å². The van der Waals surface area contributed by atoms with Crippen molar-refractivity contribution in [2.45, 2.75) is 32.7 Å². The summed E-state index contributed by atoms with van der Waals surface area (Å²) in [6.07, 6.45) is 2.54. The van der Waals surface area contributed by atoms with Gasteiger partial charge in [0, 0.05) is 6.04 Å². The molecular formula is C15H23ClN2. The van der Waals surface area contributed by atoms with Gasteiger partial charge < -0.3 is 10.2 Å². The lowest BCUT2D eigenvalue weighted by atomic mass is 9.90. The quantitative estimate of drug-likeness (QED) is 0.896. The lowest BCUT2D eigenvalue weighted by Gasteiger charge is -2.33. The molecule has 1 aromatic rings. The van der Waals surface area contributed by atoms with E-state index in [1.54, 1.807) is 0 Å². The van der Waals surface area contributed by atoms with Crippen LogP contribution in [-0.4, -0.2) is 31.1 Å². The van der Waals surface area contributed by atoms with Crippen molar-refractivity contribution in [2.75, 3.05) is 25.5 Å². The van der Waals surface area contributed by atoms with Crippen molar-refractivity contribution in [3.05, 3.63) is 28.8 Å². The molecule has 0 aliphatic carbocycles. The van der Waals surface area contributed by atoms with E-state index in [2.05, 4.69) is 36.3 Å². The zero-order valence-corrected chi connectivity index (χ0v) is 12.3. The van der Waals surface area contributed by atoms with E-state index in [9.17, 15) is 0 Å². The second kappa shape index (κ2) is 5.94. The molecule has 1 unspecified atom stereocenters. The Kier molecular flexibility index (Phi) is 4.52. The Morgan fingerprint density at radius 1 is 1.33 bits per heavy atom. The van der Waals surface area contributed by atoms with Gasteiger partial charge in [0.2, 0.25) is 0 Å². The molecule has 0 spiro atoms. The summed E-state index contributed by atoms with van der Waals surface area (Å²) in [6, 6.07) is 6.66. The number of likely N-dealkylation sites (tertiary alicyclic amines) is 1. The molecule has 1 aromatic carbocycles. The monoisotopic (exact) mass is 266 g/mol. The number of hydrogen-bond donors (Lipinski definition) is 1. The predicted molar refractivity (Wildman–Crippen MR) is 79.5 cm³/mol. The Morgan fingerprint density at radius 2 is 2.00 bits per heavy atom. The first-order valence-corrected chi connectivity index (χ1v) is 7.16. The van der Waals surface area contributed by atoms with Crippen molar-refractivity contribution in [2.24, 2.45) is 5.92 Å². The number of piperidine rings is 1. The molecule has 100 valence electrons. The molecule has 0 aromatic heterocycles. The van der Waals surface area contributed by atoms with Crippen molar-refractivity contribution >= 4 is 17.3 Å². The van der Waals surface area contributed by atoms with Gasteiger partial charge in [0.15, 0.2) is 0 Å². The minimum absolute atomic E-state index is 0.484. The lowest BCUT2D eigenvalue weighted by Crippen LogP contribution is -2.37. The smallest absolute Gasteiger partial charge is 0.0666 e. The number of nitrogens with one attached hydrogen (secondary N) is 1. The fourth-order valence-electron chi connectivity index (χ4n) is 2.65. The zero-order valence-electron chi connectivity index (χ0n) is 11.5. The van der Waals surface area contributed by atoms with E-state index < -0.39 is 0 Å². The summed E-state index contributed by atoms with van der Waals surface area (Å²) in [4.78, 5) is 2.41. The maximum absolute atomic E-state index is 6.33. The highest BCUT2D eigenvalue weighted by molar-refractivity contribution is 6.34. The van der Waals surface area contributed by atoms with Gasteiger partial charge in [-0.25, -0.2) is 0 Å². The molecule has 0 amide bonds. The SMILES string of the molecule is Cc1cccc(NC(C)C2CCN(C)CC2)c1Cl. The molecule has 1 atom stereocenters. The summed E-state index contributed by atoms with van der Waals surface area (Å²) in [5.74, 6) is 0.748. The van der Waals surface area contributed by atoms with Gasteiger partial charge in [0.25, 0.3) is 0 Å². The van der Waals surface area contributed by atoms with Crippen LogP contribution in [0.25, 0.3) is 0 Å². The summed E-state index contributed by atoms with van der Waals surface area (Å²) in [7, 11) is 2.20. The summed E-state index contributed by atoms with van der Waals surface area (Å²) in [6.45, 7) is 6.73. The van der Waals surface area contributed by atoms with Crippen LogP contribution in [0.2, 0.25) is 5.02 Å². The van der Waals surface area contributed by atoms with Crippen molar-refractivity contribution in [1.82, 2.24) is 4.90 Å². The van der Waals surface area contributed by atoms with Crippen LogP contribution in [0.1, 0.15) is 25.3 Å². The molecule has 3 heteroatoms. The largest absolute Gasteiger partial charge is 0.381 e. The van der Waals surface area contributed by atoms with E-state index in [1.165, 1.54) is 25.9 Å². The van der Waals surface area contributed by atoms with Crippen LogP contribution in [0.15, 0.2) is 18.2 Å². The van der Waals surface area contributed by atoms with Crippen LogP contribution < -0.4 is 5.32 Å². The number of benzene rings is 1. The second-order valence-corrected chi connectivity index (χ2v) is 5.89. The van der Waals surface area contributed by atoms with Gasteiger partial charge in [0.1, 0.15) is 0 Å². The molecule has 1 heterocycles. The van der Waals surface area contributed by atoms with Gasteiger partial charge in [-0.3, -0.25) is 0 Å². The Hall–Kier alpha value is -0.730. The van der Waals surface area contributed by atoms with E-state index in [1.807, 2.05) is 13.0 Å². The molecule has 0 radical (unpaired) electrons. The average molecular weight is 267 g/mol. The number of nitrogens with zero attached hydrogens (tertiary/aromatic N) is 1. The lowest BCUT2D eigenvalue weighted by molar-refractivity contribution is 0.208. The summed E-state index contributed by atoms with van der Waals surface area (Å²) in [5, 5.41) is 4.44. The summed E-state index contributed by atoms with van der Waals surface area (Å²) < 4.78 is 0. The molecule has 18 heavy (non-hydrogen) atoms. The first kappa shape index (κ1) is 13.7. The van der Waals surface area contributed by atoms with Crippen LogP contribution in [0, 0.1) is 12.8 Å². The third-order valence-electron chi connectivity index (χ3n) is 4.05. The zero-order chi connectivity index (χ0) is 13.1. The number of hydrogen-bond acceptors (Lipinski definition) is 2. The van der Waals surface area contributed by atoms with Crippen LogP contribution in [0.3, 0.4) is 0 Å². The van der Waals surface area contributed by atoms with E-state index in [-0.39, 0.29) is 0 Å². The van der Waals surface area contributed by atoms with Crippen molar-refractivity contribution in [3.63, 3.8) is 0 Å². The maximum atomic E-state index is 6.33. The predicted octanol–water partition coefficient (Wildman–Crippen LogP) is 3.79. The van der Waals surface area contributed by atoms with Crippen LogP contribution in [0.5, 0.6) is 0 Å². The molecule has 0 bridgehead atoms. The van der Waals surface area contributed by atoms with Crippen LogP contribution in [0.4, 0.5) is 5.69 Å². The number of rotatable bonds is 3. The normalized spacial score (nSPS) is 19.8. The highest BCUT2D eigenvalue weighted by Crippen LogP contribution is 2.28. The Balaban J connectivity index is 1.98. The van der Waals surface area contributed by atoms with Crippen molar-refractivity contribution in [1.29, 1.82) is 0 Å². The highest BCUT2D eigenvalue weighted by Gasteiger charge is 2.22. The van der Waals surface area contributed by atoms with Crippen molar-refractivity contribution < 1.29 is 0 Å². The third-order valence-corrected chi connectivity index (χ3v) is 4.55. The standard InChI is InChI=1S/C15H23ClN2/c1-11-5-4-6-14(15(11)16)17-12(2)13-7-9-18(3)10-8-13/h4-6,12-13,17H,7-10H2,1-3H3. The molecule has 1 aliphatic heterocycles. The molecule has 2 rings (SSSR count). The average Bonchev–Trinajstić information content (AvgIpc) is 2.36. The number of aryl methyl sites for hydroxylation is 1. The van der Waals surface area contributed by atoms with Crippen LogP contribution >= 0.6 is 11.6 Å². The number of anilines is 1. The van der Waals surface area contributed by atoms with Gasteiger partial charge in [0.05, 0.1) is 10.7 Å². The van der Waals surface area contributed by atoms with Gasteiger partial charge in [-0.1, -0.05) is 23.7 Å². The molecular weight excluding hydrogens is 244 g/mol. The summed E-state index contributed by atoms with van der Waals surface area (Å²) >= 11 is 6.33. The van der Waals surface area contributed by atoms with E-state index in [4.69, 9.17) is 11.6 Å². The molecule has 1 fully saturated rings. The van der Waals surface area contributed by atoms with Gasteiger partial charge in [-0.2, -0.15) is 0 Å². The first-order chi connectivity index (χ1) is 8.58. The molecule has 1 saturated heterocycles. The highest BCUT2D eigenvalue weighted by atomic mass is 35.5. The van der Waals surface area contributed by atoms with E-state index in [0.29, 0.717) is 6.04 Å². The minimum Gasteiger partial charge on any atom is -0.381 e. The Labute approximate surface area is 115 Å². The minimum atomic E-state index is 0.484. The molecule has 2 nitrogen and oxygen atoms in total. The Morgan fingerprint density at radius 3 is 2.67 bits per heavy atom. The second-order valence-electron chi connectivity index (χ2n) is 5.51. The molecule has 1 N–H and O–H groups in total. The maximum Gasteiger partial charge on any atom is 0.0666 e. The van der Waals surface area contributed by atoms with Gasteiger partial charge in [-0.15, -0.1) is 0 Å². The van der Waals surface area contributed by atoms with Gasteiger partial charge in [-0.05, 0) is 64.4 Å². The van der Waals surface area contributed by atoms with E-state index >= 15 is 0 Å². The van der Waals surface area contributed by atoms with E-state index in [0.717, 1.165) is 22.2 Å².